The summed E-state index contributed by atoms with van der Waals surface area (Å²) >= 11 is 3.00. The average molecular weight is 523 g/mol. The summed E-state index contributed by atoms with van der Waals surface area (Å²) in [5.74, 6) is -1.51. The lowest BCUT2D eigenvalue weighted by Crippen LogP contribution is -2.42. The standard InChI is InChI=1S/C25H20BrFN4O3/c26-22-19(27)8-9-20(29-22)23(32)30-21-13-28-11-10-16(21)14-4-3-5-15(12-14)31-24(33)17-6-1-2-7-18(17)25(31)34/h1-2,6-11,13-15H,3-5,12H2,(H,30,32). The Morgan fingerprint density at radius 3 is 2.50 bits per heavy atom. The van der Waals surface area contributed by atoms with Gasteiger partial charge in [0, 0.05) is 12.2 Å². The van der Waals surface area contributed by atoms with Gasteiger partial charge in [0.15, 0.2) is 5.82 Å². The second-order valence-corrected chi connectivity index (χ2v) is 9.18. The summed E-state index contributed by atoms with van der Waals surface area (Å²) in [7, 11) is 0. The molecule has 3 amide bonds. The zero-order valence-corrected chi connectivity index (χ0v) is 19.6. The monoisotopic (exact) mass is 522 g/mol. The van der Waals surface area contributed by atoms with E-state index >= 15 is 0 Å². The third-order valence-electron chi connectivity index (χ3n) is 6.42. The van der Waals surface area contributed by atoms with Crippen molar-refractivity contribution in [2.45, 2.75) is 37.6 Å². The van der Waals surface area contributed by atoms with Crippen LogP contribution in [0.4, 0.5) is 10.1 Å². The molecule has 3 aromatic rings. The highest BCUT2D eigenvalue weighted by molar-refractivity contribution is 9.10. The molecule has 5 rings (SSSR count). The highest BCUT2D eigenvalue weighted by Crippen LogP contribution is 2.40. The zero-order valence-electron chi connectivity index (χ0n) is 18.0. The number of carbonyl (C=O) groups is 3. The van der Waals surface area contributed by atoms with Crippen LogP contribution < -0.4 is 5.32 Å². The Balaban J connectivity index is 1.37. The van der Waals surface area contributed by atoms with Crippen LogP contribution in [-0.4, -0.2) is 38.6 Å². The van der Waals surface area contributed by atoms with E-state index < -0.39 is 11.7 Å². The number of pyridine rings is 2. The van der Waals surface area contributed by atoms with Gasteiger partial charge >= 0.3 is 0 Å². The average Bonchev–Trinajstić information content (AvgIpc) is 3.11. The van der Waals surface area contributed by atoms with E-state index in [2.05, 4.69) is 31.2 Å². The van der Waals surface area contributed by atoms with Gasteiger partial charge in [-0.15, -0.1) is 0 Å². The molecule has 7 nitrogen and oxygen atoms in total. The Bertz CT molecular complexity index is 1280. The fourth-order valence-corrected chi connectivity index (χ4v) is 5.14. The zero-order chi connectivity index (χ0) is 23.8. The number of hydrogen-bond donors (Lipinski definition) is 1. The summed E-state index contributed by atoms with van der Waals surface area (Å²) in [6.45, 7) is 0. The van der Waals surface area contributed by atoms with Crippen molar-refractivity contribution in [1.82, 2.24) is 14.9 Å². The maximum atomic E-state index is 13.5. The summed E-state index contributed by atoms with van der Waals surface area (Å²) in [6, 6.07) is 11.0. The summed E-state index contributed by atoms with van der Waals surface area (Å²) in [6.07, 6.45) is 6.25. The van der Waals surface area contributed by atoms with Gasteiger partial charge in [0.25, 0.3) is 17.7 Å². The van der Waals surface area contributed by atoms with Gasteiger partial charge in [-0.25, -0.2) is 9.37 Å². The predicted octanol–water partition coefficient (Wildman–Crippen LogP) is 4.95. The second kappa shape index (κ2) is 9.06. The van der Waals surface area contributed by atoms with E-state index in [9.17, 15) is 18.8 Å². The molecule has 2 unspecified atom stereocenters. The van der Waals surface area contributed by atoms with Crippen molar-refractivity contribution in [3.63, 3.8) is 0 Å². The van der Waals surface area contributed by atoms with Crippen LogP contribution in [0, 0.1) is 5.82 Å². The van der Waals surface area contributed by atoms with E-state index in [-0.39, 0.29) is 34.1 Å². The number of nitrogens with zero attached hydrogens (tertiary/aromatic N) is 3. The van der Waals surface area contributed by atoms with Crippen molar-refractivity contribution >= 4 is 39.3 Å². The van der Waals surface area contributed by atoms with Crippen LogP contribution in [-0.2, 0) is 0 Å². The van der Waals surface area contributed by atoms with Crippen LogP contribution in [0.25, 0.3) is 0 Å². The Morgan fingerprint density at radius 1 is 1.06 bits per heavy atom. The number of hydrogen-bond acceptors (Lipinski definition) is 5. The summed E-state index contributed by atoms with van der Waals surface area (Å²) in [5.41, 5.74) is 2.37. The van der Waals surface area contributed by atoms with Crippen LogP contribution in [0.3, 0.4) is 0 Å². The summed E-state index contributed by atoms with van der Waals surface area (Å²) in [5, 5.41) is 2.83. The van der Waals surface area contributed by atoms with Crippen LogP contribution >= 0.6 is 15.9 Å². The topological polar surface area (TPSA) is 92.3 Å². The van der Waals surface area contributed by atoms with Gasteiger partial charge in [0.1, 0.15) is 10.3 Å². The van der Waals surface area contributed by atoms with Crippen LogP contribution in [0.2, 0.25) is 0 Å². The molecule has 1 fully saturated rings. The molecule has 3 heterocycles. The quantitative estimate of drug-likeness (QED) is 0.386. The van der Waals surface area contributed by atoms with Crippen molar-refractivity contribution in [3.8, 4) is 0 Å². The van der Waals surface area contributed by atoms with E-state index in [0.29, 0.717) is 23.2 Å². The Kier molecular flexibility index (Phi) is 5.95. The van der Waals surface area contributed by atoms with Crippen LogP contribution in [0.15, 0.2) is 59.5 Å². The van der Waals surface area contributed by atoms with Crippen molar-refractivity contribution in [1.29, 1.82) is 0 Å². The van der Waals surface area contributed by atoms with Crippen molar-refractivity contribution < 1.29 is 18.8 Å². The minimum absolute atomic E-state index is 0.0225. The maximum absolute atomic E-state index is 13.5. The van der Waals surface area contributed by atoms with Gasteiger partial charge in [-0.2, -0.15) is 0 Å². The van der Waals surface area contributed by atoms with Gasteiger partial charge in [-0.3, -0.25) is 24.3 Å². The van der Waals surface area contributed by atoms with E-state index in [1.807, 2.05) is 6.07 Å². The molecule has 0 saturated heterocycles. The van der Waals surface area contributed by atoms with Gasteiger partial charge in [-0.05, 0) is 77.0 Å². The number of halogens is 2. The van der Waals surface area contributed by atoms with Crippen molar-refractivity contribution in [2.24, 2.45) is 0 Å². The molecule has 2 aliphatic rings. The first-order valence-corrected chi connectivity index (χ1v) is 11.8. The molecule has 9 heteroatoms. The molecule has 1 aromatic carbocycles. The molecule has 172 valence electrons. The first-order valence-electron chi connectivity index (χ1n) is 11.0. The van der Waals surface area contributed by atoms with Gasteiger partial charge < -0.3 is 5.32 Å². The summed E-state index contributed by atoms with van der Waals surface area (Å²) in [4.78, 5) is 48.2. The number of rotatable bonds is 4. The molecular weight excluding hydrogens is 503 g/mol. The molecule has 1 saturated carbocycles. The predicted molar refractivity (Wildman–Crippen MR) is 126 cm³/mol. The lowest BCUT2D eigenvalue weighted by molar-refractivity contribution is 0.0539. The van der Waals surface area contributed by atoms with Crippen LogP contribution in [0.1, 0.15) is 68.4 Å². The number of imide groups is 1. The number of aromatic nitrogens is 2. The van der Waals surface area contributed by atoms with Gasteiger partial charge in [0.05, 0.1) is 23.0 Å². The molecule has 2 atom stereocenters. The number of nitrogens with one attached hydrogen (secondary N) is 1. The Hall–Kier alpha value is -3.46. The number of anilines is 1. The molecular formula is C25H20BrFN4O3. The number of benzene rings is 1. The third-order valence-corrected chi connectivity index (χ3v) is 6.97. The van der Waals surface area contributed by atoms with Gasteiger partial charge in [0.2, 0.25) is 0 Å². The molecule has 2 aromatic heterocycles. The van der Waals surface area contributed by atoms with Crippen molar-refractivity contribution in [3.05, 3.63) is 87.7 Å². The highest BCUT2D eigenvalue weighted by atomic mass is 79.9. The third kappa shape index (κ3) is 4.00. The molecule has 0 bridgehead atoms. The van der Waals surface area contributed by atoms with E-state index in [1.54, 1.807) is 36.7 Å². The van der Waals surface area contributed by atoms with E-state index in [0.717, 1.165) is 24.8 Å². The van der Waals surface area contributed by atoms with Gasteiger partial charge in [-0.1, -0.05) is 18.6 Å². The SMILES string of the molecule is O=C(Nc1cnccc1C1CCCC(N2C(=O)c3ccccc3C2=O)C1)c1ccc(F)c(Br)n1. The fraction of sp³-hybridized carbons (Fsp3) is 0.240. The molecule has 1 N–H and O–H groups in total. The van der Waals surface area contributed by atoms with E-state index in [4.69, 9.17) is 0 Å². The molecule has 34 heavy (non-hydrogen) atoms. The molecule has 1 aliphatic carbocycles. The minimum atomic E-state index is -0.556. The number of amides is 3. The number of fused-ring (bicyclic) bond motifs is 1. The maximum Gasteiger partial charge on any atom is 0.274 e. The normalized spacial score (nSPS) is 19.8. The van der Waals surface area contributed by atoms with Crippen LogP contribution in [0.5, 0.6) is 0 Å². The van der Waals surface area contributed by atoms with E-state index in [1.165, 1.54) is 17.0 Å². The lowest BCUT2D eigenvalue weighted by atomic mass is 9.80. The number of carbonyl (C=O) groups excluding carboxylic acids is 3. The van der Waals surface area contributed by atoms with Crippen molar-refractivity contribution in [2.75, 3.05) is 5.32 Å². The highest BCUT2D eigenvalue weighted by Gasteiger charge is 2.41. The molecule has 0 radical (unpaired) electrons. The smallest absolute Gasteiger partial charge is 0.274 e. The first kappa shape index (κ1) is 22.3. The molecule has 1 aliphatic heterocycles. The fourth-order valence-electron chi connectivity index (χ4n) is 4.82. The second-order valence-electron chi connectivity index (χ2n) is 8.43. The lowest BCUT2D eigenvalue weighted by Gasteiger charge is -2.35. The largest absolute Gasteiger partial charge is 0.319 e. The first-order chi connectivity index (χ1) is 16.4. The Morgan fingerprint density at radius 2 is 1.79 bits per heavy atom. The molecule has 0 spiro atoms. The Labute approximate surface area is 203 Å². The summed E-state index contributed by atoms with van der Waals surface area (Å²) < 4.78 is 13.5. The minimum Gasteiger partial charge on any atom is -0.319 e.